The van der Waals surface area contributed by atoms with Crippen LogP contribution in [0.3, 0.4) is 0 Å². The number of benzene rings is 1. The molecular formula is C21H30N2O4. The Kier molecular flexibility index (Phi) is 6.99. The predicted octanol–water partition coefficient (Wildman–Crippen LogP) is 3.89. The van der Waals surface area contributed by atoms with E-state index in [1.807, 2.05) is 20.8 Å². The third kappa shape index (κ3) is 6.08. The minimum absolute atomic E-state index is 0.0355. The highest BCUT2D eigenvalue weighted by Gasteiger charge is 2.36. The fraction of sp³-hybridized carbons (Fsp3) is 0.571. The van der Waals surface area contributed by atoms with Gasteiger partial charge in [0.2, 0.25) is 5.91 Å². The SMILES string of the molecule is Cc1cc(NC(=O)CC2(CC(=O)O)CCCCC2)ccc1C(=O)NC(C)C. The predicted molar refractivity (Wildman–Crippen MR) is 105 cm³/mol. The van der Waals surface area contributed by atoms with Crippen molar-refractivity contribution in [1.29, 1.82) is 0 Å². The molecule has 1 aromatic rings. The molecule has 0 aromatic heterocycles. The smallest absolute Gasteiger partial charge is 0.303 e. The number of aliphatic carboxylic acids is 1. The molecule has 2 rings (SSSR count). The van der Waals surface area contributed by atoms with Crippen LogP contribution in [-0.4, -0.2) is 28.9 Å². The van der Waals surface area contributed by atoms with Crippen molar-refractivity contribution in [3.63, 3.8) is 0 Å². The van der Waals surface area contributed by atoms with Crippen molar-refractivity contribution < 1.29 is 19.5 Å². The summed E-state index contributed by atoms with van der Waals surface area (Å²) in [5.41, 5.74) is 1.54. The van der Waals surface area contributed by atoms with Crippen LogP contribution >= 0.6 is 0 Å². The van der Waals surface area contributed by atoms with E-state index in [1.54, 1.807) is 18.2 Å². The number of carboxylic acids is 1. The third-order valence-corrected chi connectivity index (χ3v) is 5.15. The van der Waals surface area contributed by atoms with Gasteiger partial charge >= 0.3 is 5.97 Å². The summed E-state index contributed by atoms with van der Waals surface area (Å²) >= 11 is 0. The van der Waals surface area contributed by atoms with Gasteiger partial charge in [-0.05, 0) is 62.8 Å². The van der Waals surface area contributed by atoms with Gasteiger partial charge in [-0.25, -0.2) is 0 Å². The van der Waals surface area contributed by atoms with Crippen molar-refractivity contribution in [2.75, 3.05) is 5.32 Å². The van der Waals surface area contributed by atoms with Crippen molar-refractivity contribution in [3.05, 3.63) is 29.3 Å². The zero-order valence-corrected chi connectivity index (χ0v) is 16.4. The molecule has 3 N–H and O–H groups in total. The first-order valence-corrected chi connectivity index (χ1v) is 9.64. The van der Waals surface area contributed by atoms with E-state index in [4.69, 9.17) is 0 Å². The molecule has 1 fully saturated rings. The fourth-order valence-corrected chi connectivity index (χ4v) is 3.92. The molecule has 0 unspecified atom stereocenters. The minimum atomic E-state index is -0.846. The maximum absolute atomic E-state index is 12.6. The van der Waals surface area contributed by atoms with Crippen molar-refractivity contribution in [2.45, 2.75) is 71.8 Å². The Morgan fingerprint density at radius 3 is 2.33 bits per heavy atom. The number of amides is 2. The maximum atomic E-state index is 12.6. The average molecular weight is 374 g/mol. The summed E-state index contributed by atoms with van der Waals surface area (Å²) in [5, 5.41) is 15.0. The molecule has 0 radical (unpaired) electrons. The molecule has 0 heterocycles. The van der Waals surface area contributed by atoms with Crippen LogP contribution < -0.4 is 10.6 Å². The van der Waals surface area contributed by atoms with Gasteiger partial charge in [-0.15, -0.1) is 0 Å². The minimum Gasteiger partial charge on any atom is -0.481 e. The van der Waals surface area contributed by atoms with Crippen molar-refractivity contribution in [2.24, 2.45) is 5.41 Å². The van der Waals surface area contributed by atoms with Gasteiger partial charge in [0.05, 0.1) is 6.42 Å². The second kappa shape index (κ2) is 9.02. The lowest BCUT2D eigenvalue weighted by atomic mass is 9.69. The van der Waals surface area contributed by atoms with E-state index in [2.05, 4.69) is 10.6 Å². The number of anilines is 1. The topological polar surface area (TPSA) is 95.5 Å². The van der Waals surface area contributed by atoms with Crippen LogP contribution in [0.15, 0.2) is 18.2 Å². The molecule has 6 nitrogen and oxygen atoms in total. The summed E-state index contributed by atoms with van der Waals surface area (Å²) in [5.74, 6) is -1.15. The van der Waals surface area contributed by atoms with Gasteiger partial charge in [-0.3, -0.25) is 14.4 Å². The first kappa shape index (κ1) is 20.9. The van der Waals surface area contributed by atoms with E-state index in [0.29, 0.717) is 11.3 Å². The molecule has 1 aromatic carbocycles. The van der Waals surface area contributed by atoms with Crippen LogP contribution in [0, 0.1) is 12.3 Å². The number of carbonyl (C=O) groups excluding carboxylic acids is 2. The lowest BCUT2D eigenvalue weighted by Crippen LogP contribution is -2.32. The zero-order valence-electron chi connectivity index (χ0n) is 16.4. The van der Waals surface area contributed by atoms with E-state index in [-0.39, 0.29) is 30.7 Å². The van der Waals surface area contributed by atoms with Gasteiger partial charge in [0.1, 0.15) is 0 Å². The Morgan fingerprint density at radius 1 is 1.11 bits per heavy atom. The van der Waals surface area contributed by atoms with Crippen LogP contribution in [0.2, 0.25) is 0 Å². The second-order valence-corrected chi connectivity index (χ2v) is 8.01. The Hall–Kier alpha value is -2.37. The highest BCUT2D eigenvalue weighted by Crippen LogP contribution is 2.42. The molecule has 1 saturated carbocycles. The molecule has 6 heteroatoms. The van der Waals surface area contributed by atoms with Crippen LogP contribution in [0.4, 0.5) is 5.69 Å². The van der Waals surface area contributed by atoms with Crippen LogP contribution in [-0.2, 0) is 9.59 Å². The van der Waals surface area contributed by atoms with E-state index in [9.17, 15) is 19.5 Å². The number of aryl methyl sites for hydroxylation is 1. The summed E-state index contributed by atoms with van der Waals surface area (Å²) < 4.78 is 0. The number of rotatable bonds is 7. The standard InChI is InChI=1S/C21H30N2O4/c1-14(2)22-20(27)17-8-7-16(11-15(17)3)23-18(24)12-21(13-19(25)26)9-5-4-6-10-21/h7-8,11,14H,4-6,9-10,12-13H2,1-3H3,(H,22,27)(H,23,24)(H,25,26). The monoisotopic (exact) mass is 374 g/mol. The van der Waals surface area contributed by atoms with Crippen LogP contribution in [0.25, 0.3) is 0 Å². The highest BCUT2D eigenvalue weighted by molar-refractivity contribution is 5.97. The molecule has 27 heavy (non-hydrogen) atoms. The zero-order chi connectivity index (χ0) is 20.0. The van der Waals surface area contributed by atoms with Gasteiger partial charge < -0.3 is 15.7 Å². The van der Waals surface area contributed by atoms with Crippen LogP contribution in [0.1, 0.15) is 74.7 Å². The van der Waals surface area contributed by atoms with Crippen molar-refractivity contribution in [3.8, 4) is 0 Å². The number of hydrogen-bond donors (Lipinski definition) is 3. The number of carbonyl (C=O) groups is 3. The lowest BCUT2D eigenvalue weighted by Gasteiger charge is -2.35. The summed E-state index contributed by atoms with van der Waals surface area (Å²) in [7, 11) is 0. The quantitative estimate of drug-likeness (QED) is 0.675. The van der Waals surface area contributed by atoms with E-state index >= 15 is 0 Å². The maximum Gasteiger partial charge on any atom is 0.303 e. The molecule has 0 saturated heterocycles. The molecular weight excluding hydrogens is 344 g/mol. The van der Waals surface area contributed by atoms with Crippen molar-refractivity contribution >= 4 is 23.5 Å². The molecule has 0 spiro atoms. The van der Waals surface area contributed by atoms with Crippen molar-refractivity contribution in [1.82, 2.24) is 5.32 Å². The fourth-order valence-electron chi connectivity index (χ4n) is 3.92. The Labute approximate surface area is 160 Å². The molecule has 1 aliphatic carbocycles. The normalized spacial score (nSPS) is 16.0. The van der Waals surface area contributed by atoms with Gasteiger partial charge in [-0.2, -0.15) is 0 Å². The largest absolute Gasteiger partial charge is 0.481 e. The Balaban J connectivity index is 2.05. The highest BCUT2D eigenvalue weighted by atomic mass is 16.4. The van der Waals surface area contributed by atoms with E-state index in [1.165, 1.54) is 0 Å². The Morgan fingerprint density at radius 2 is 1.78 bits per heavy atom. The molecule has 2 amide bonds. The van der Waals surface area contributed by atoms with E-state index < -0.39 is 11.4 Å². The van der Waals surface area contributed by atoms with E-state index in [0.717, 1.165) is 37.7 Å². The third-order valence-electron chi connectivity index (χ3n) is 5.15. The first-order valence-electron chi connectivity index (χ1n) is 9.64. The lowest BCUT2D eigenvalue weighted by molar-refractivity contribution is -0.140. The van der Waals surface area contributed by atoms with Gasteiger partial charge in [-0.1, -0.05) is 19.3 Å². The first-order chi connectivity index (χ1) is 12.7. The second-order valence-electron chi connectivity index (χ2n) is 8.01. The summed E-state index contributed by atoms with van der Waals surface area (Å²) in [4.78, 5) is 36.0. The molecule has 1 aliphatic rings. The van der Waals surface area contributed by atoms with Gasteiger partial charge in [0.25, 0.3) is 5.91 Å². The summed E-state index contributed by atoms with van der Waals surface area (Å²) in [6.07, 6.45) is 4.85. The van der Waals surface area contributed by atoms with Crippen LogP contribution in [0.5, 0.6) is 0 Å². The average Bonchev–Trinajstić information content (AvgIpc) is 2.53. The summed E-state index contributed by atoms with van der Waals surface area (Å²) in [6.45, 7) is 5.64. The molecule has 0 atom stereocenters. The molecule has 0 bridgehead atoms. The van der Waals surface area contributed by atoms with Gasteiger partial charge in [0, 0.05) is 23.7 Å². The molecule has 148 valence electrons. The number of hydrogen-bond acceptors (Lipinski definition) is 3. The number of nitrogens with one attached hydrogen (secondary N) is 2. The Bertz CT molecular complexity index is 706. The van der Waals surface area contributed by atoms with Gasteiger partial charge in [0.15, 0.2) is 0 Å². The summed E-state index contributed by atoms with van der Waals surface area (Å²) in [6, 6.07) is 5.25. The number of carboxylic acid groups (broad SMARTS) is 1. The molecule has 0 aliphatic heterocycles.